The summed E-state index contributed by atoms with van der Waals surface area (Å²) in [4.78, 5) is 15.0. The summed E-state index contributed by atoms with van der Waals surface area (Å²) >= 11 is 0. The molecular weight excluding hydrogens is 346 g/mol. The molecule has 0 saturated heterocycles. The Morgan fingerprint density at radius 1 is 0.929 bits per heavy atom. The standard InChI is InChI=1S/C25H33NO2/c1-4-6-18-26(19-7-5-2)20-22-8-13-23(14-9-22)25(27)17-12-21-10-15-24(28-3)16-11-21/h8-17H,4-7,18-20H2,1-3H3. The normalized spacial score (nSPS) is 11.3. The van der Waals surface area contributed by atoms with E-state index in [-0.39, 0.29) is 5.78 Å². The van der Waals surface area contributed by atoms with Crippen molar-refractivity contribution in [3.05, 3.63) is 71.3 Å². The van der Waals surface area contributed by atoms with Crippen molar-refractivity contribution in [1.82, 2.24) is 4.90 Å². The van der Waals surface area contributed by atoms with Crippen molar-refractivity contribution in [3.63, 3.8) is 0 Å². The molecule has 0 heterocycles. The van der Waals surface area contributed by atoms with Gasteiger partial charge in [0.15, 0.2) is 5.78 Å². The number of carbonyl (C=O) groups is 1. The minimum absolute atomic E-state index is 0.0243. The lowest BCUT2D eigenvalue weighted by Crippen LogP contribution is -2.25. The van der Waals surface area contributed by atoms with Gasteiger partial charge in [0.1, 0.15) is 5.75 Å². The fourth-order valence-electron chi connectivity index (χ4n) is 3.05. The third kappa shape index (κ3) is 7.32. The Hall–Kier alpha value is -2.39. The molecule has 0 N–H and O–H groups in total. The Labute approximate surface area is 170 Å². The van der Waals surface area contributed by atoms with Crippen LogP contribution in [0.4, 0.5) is 0 Å². The zero-order valence-electron chi connectivity index (χ0n) is 17.5. The van der Waals surface area contributed by atoms with E-state index in [2.05, 4.69) is 30.9 Å². The van der Waals surface area contributed by atoms with Crippen LogP contribution in [-0.2, 0) is 6.54 Å². The largest absolute Gasteiger partial charge is 0.497 e. The predicted molar refractivity (Wildman–Crippen MR) is 118 cm³/mol. The van der Waals surface area contributed by atoms with Crippen LogP contribution in [0, 0.1) is 0 Å². The van der Waals surface area contributed by atoms with Crippen LogP contribution >= 0.6 is 0 Å². The van der Waals surface area contributed by atoms with Crippen molar-refractivity contribution >= 4 is 11.9 Å². The summed E-state index contributed by atoms with van der Waals surface area (Å²) in [5, 5.41) is 0. The molecule has 3 nitrogen and oxygen atoms in total. The number of ether oxygens (including phenoxy) is 1. The first-order valence-electron chi connectivity index (χ1n) is 10.3. The van der Waals surface area contributed by atoms with E-state index in [0.717, 1.165) is 36.5 Å². The first-order valence-corrected chi connectivity index (χ1v) is 10.3. The number of nitrogens with zero attached hydrogens (tertiary/aromatic N) is 1. The van der Waals surface area contributed by atoms with Gasteiger partial charge < -0.3 is 4.74 Å². The highest BCUT2D eigenvalue weighted by molar-refractivity contribution is 6.06. The van der Waals surface area contributed by atoms with E-state index in [1.807, 2.05) is 42.5 Å². The third-order valence-electron chi connectivity index (χ3n) is 4.84. The molecule has 28 heavy (non-hydrogen) atoms. The summed E-state index contributed by atoms with van der Waals surface area (Å²) in [6.07, 6.45) is 8.37. The van der Waals surface area contributed by atoms with Gasteiger partial charge in [0.05, 0.1) is 7.11 Å². The zero-order valence-corrected chi connectivity index (χ0v) is 17.5. The first kappa shape index (κ1) is 21.9. The molecule has 3 heteroatoms. The molecule has 150 valence electrons. The molecular formula is C25H33NO2. The molecule has 0 aromatic heterocycles. The topological polar surface area (TPSA) is 29.5 Å². The SMILES string of the molecule is CCCCN(CCCC)Cc1ccc(C(=O)C=Cc2ccc(OC)cc2)cc1. The van der Waals surface area contributed by atoms with Gasteiger partial charge in [-0.05, 0) is 55.3 Å². The second kappa shape index (κ2) is 12.1. The summed E-state index contributed by atoms with van der Waals surface area (Å²) in [5.41, 5.74) is 2.97. The molecule has 0 saturated carbocycles. The number of ketones is 1. The summed E-state index contributed by atoms with van der Waals surface area (Å²) in [6.45, 7) is 7.70. The molecule has 0 bridgehead atoms. The fraction of sp³-hybridized carbons (Fsp3) is 0.400. The maximum absolute atomic E-state index is 12.4. The van der Waals surface area contributed by atoms with Gasteiger partial charge in [0.25, 0.3) is 0 Å². The van der Waals surface area contributed by atoms with Crippen molar-refractivity contribution in [2.75, 3.05) is 20.2 Å². The van der Waals surface area contributed by atoms with E-state index in [1.54, 1.807) is 13.2 Å². The van der Waals surface area contributed by atoms with Gasteiger partial charge >= 0.3 is 0 Å². The van der Waals surface area contributed by atoms with Crippen LogP contribution in [0.1, 0.15) is 61.0 Å². The van der Waals surface area contributed by atoms with Gasteiger partial charge in [0.2, 0.25) is 0 Å². The summed E-state index contributed by atoms with van der Waals surface area (Å²) in [7, 11) is 1.64. The minimum Gasteiger partial charge on any atom is -0.497 e. The van der Waals surface area contributed by atoms with Crippen LogP contribution in [0.5, 0.6) is 5.75 Å². The number of unbranched alkanes of at least 4 members (excludes halogenated alkanes) is 2. The van der Waals surface area contributed by atoms with Crippen molar-refractivity contribution in [2.24, 2.45) is 0 Å². The Bertz CT molecular complexity index is 724. The van der Waals surface area contributed by atoms with E-state index >= 15 is 0 Å². The van der Waals surface area contributed by atoms with Gasteiger partial charge in [-0.2, -0.15) is 0 Å². The van der Waals surface area contributed by atoms with Crippen LogP contribution < -0.4 is 4.74 Å². The number of rotatable bonds is 12. The molecule has 2 rings (SSSR count). The van der Waals surface area contributed by atoms with Crippen molar-refractivity contribution < 1.29 is 9.53 Å². The van der Waals surface area contributed by atoms with Gasteiger partial charge in [0, 0.05) is 12.1 Å². The fourth-order valence-corrected chi connectivity index (χ4v) is 3.05. The van der Waals surface area contributed by atoms with Crippen molar-refractivity contribution in [1.29, 1.82) is 0 Å². The Balaban J connectivity index is 1.95. The molecule has 0 radical (unpaired) electrons. The molecule has 0 spiro atoms. The predicted octanol–water partition coefficient (Wildman–Crippen LogP) is 5.99. The third-order valence-corrected chi connectivity index (χ3v) is 4.84. The van der Waals surface area contributed by atoms with Crippen LogP contribution in [0.15, 0.2) is 54.6 Å². The monoisotopic (exact) mass is 379 g/mol. The highest BCUT2D eigenvalue weighted by atomic mass is 16.5. The lowest BCUT2D eigenvalue weighted by atomic mass is 10.1. The van der Waals surface area contributed by atoms with Gasteiger partial charge in [-0.1, -0.05) is 69.2 Å². The molecule has 2 aromatic carbocycles. The molecule has 0 aliphatic heterocycles. The van der Waals surface area contributed by atoms with E-state index in [4.69, 9.17) is 4.74 Å². The Morgan fingerprint density at radius 2 is 1.54 bits per heavy atom. The van der Waals surface area contributed by atoms with Gasteiger partial charge in [-0.15, -0.1) is 0 Å². The zero-order chi connectivity index (χ0) is 20.2. The first-order chi connectivity index (χ1) is 13.7. The molecule has 0 aliphatic carbocycles. The molecule has 2 aromatic rings. The number of carbonyl (C=O) groups excluding carboxylic acids is 1. The highest BCUT2D eigenvalue weighted by Crippen LogP contribution is 2.14. The molecule has 0 atom stereocenters. The molecule has 0 amide bonds. The average Bonchev–Trinajstić information content (AvgIpc) is 2.74. The maximum Gasteiger partial charge on any atom is 0.185 e. The maximum atomic E-state index is 12.4. The van der Waals surface area contributed by atoms with Crippen LogP contribution in [0.25, 0.3) is 6.08 Å². The number of methoxy groups -OCH3 is 1. The lowest BCUT2D eigenvalue weighted by Gasteiger charge is -2.22. The van der Waals surface area contributed by atoms with Gasteiger partial charge in [-0.25, -0.2) is 0 Å². The lowest BCUT2D eigenvalue weighted by molar-refractivity contribution is 0.104. The van der Waals surface area contributed by atoms with Crippen molar-refractivity contribution in [3.8, 4) is 5.75 Å². The minimum atomic E-state index is 0.0243. The van der Waals surface area contributed by atoms with Crippen LogP contribution in [-0.4, -0.2) is 30.9 Å². The molecule has 0 aliphatic rings. The molecule has 0 unspecified atom stereocenters. The summed E-state index contributed by atoms with van der Waals surface area (Å²) in [6, 6.07) is 15.7. The molecule has 0 fully saturated rings. The Morgan fingerprint density at radius 3 is 2.07 bits per heavy atom. The van der Waals surface area contributed by atoms with Crippen molar-refractivity contribution in [2.45, 2.75) is 46.1 Å². The van der Waals surface area contributed by atoms with E-state index in [0.29, 0.717) is 0 Å². The summed E-state index contributed by atoms with van der Waals surface area (Å²) in [5.74, 6) is 0.835. The van der Waals surface area contributed by atoms with Crippen LogP contribution in [0.3, 0.4) is 0 Å². The Kier molecular flexibility index (Phi) is 9.50. The average molecular weight is 380 g/mol. The van der Waals surface area contributed by atoms with E-state index in [9.17, 15) is 4.79 Å². The van der Waals surface area contributed by atoms with Crippen LogP contribution in [0.2, 0.25) is 0 Å². The second-order valence-corrected chi connectivity index (χ2v) is 7.15. The number of hydrogen-bond acceptors (Lipinski definition) is 3. The second-order valence-electron chi connectivity index (χ2n) is 7.15. The quantitative estimate of drug-likeness (QED) is 0.335. The number of benzene rings is 2. The highest BCUT2D eigenvalue weighted by Gasteiger charge is 2.07. The number of allylic oxidation sites excluding steroid dienone is 1. The smallest absolute Gasteiger partial charge is 0.185 e. The van der Waals surface area contributed by atoms with E-state index in [1.165, 1.54) is 31.2 Å². The van der Waals surface area contributed by atoms with E-state index < -0.39 is 0 Å². The van der Waals surface area contributed by atoms with Gasteiger partial charge in [-0.3, -0.25) is 9.69 Å². The summed E-state index contributed by atoms with van der Waals surface area (Å²) < 4.78 is 5.15. The number of hydrogen-bond donors (Lipinski definition) is 0.